The van der Waals surface area contributed by atoms with Gasteiger partial charge < -0.3 is 10.1 Å². The second kappa shape index (κ2) is 7.81. The van der Waals surface area contributed by atoms with Gasteiger partial charge in [0.1, 0.15) is 5.75 Å². The van der Waals surface area contributed by atoms with Crippen molar-refractivity contribution in [3.05, 3.63) is 24.3 Å². The number of nitrogens with one attached hydrogen (secondary N) is 1. The number of hydrogen-bond acceptors (Lipinski definition) is 3. The van der Waals surface area contributed by atoms with Gasteiger partial charge in [-0.3, -0.25) is 0 Å². The van der Waals surface area contributed by atoms with Crippen LogP contribution in [0.15, 0.2) is 29.2 Å². The quantitative estimate of drug-likeness (QED) is 0.792. The molecule has 0 bridgehead atoms. The number of thioether (sulfide) groups is 1. The van der Waals surface area contributed by atoms with Crippen LogP contribution in [0.5, 0.6) is 5.75 Å². The van der Waals surface area contributed by atoms with E-state index in [4.69, 9.17) is 4.74 Å². The number of rotatable bonds is 6. The molecule has 0 saturated heterocycles. The zero-order chi connectivity index (χ0) is 13.5. The van der Waals surface area contributed by atoms with E-state index < -0.39 is 0 Å². The van der Waals surface area contributed by atoms with E-state index in [2.05, 4.69) is 24.4 Å². The maximum atomic E-state index is 5.40. The Bertz CT molecular complexity index is 377. The van der Waals surface area contributed by atoms with E-state index in [1.54, 1.807) is 7.11 Å². The predicted octanol–water partition coefficient (Wildman–Crippen LogP) is 4.10. The molecular weight excluding hydrogens is 254 g/mol. The Hall–Kier alpha value is -0.670. The Balaban J connectivity index is 1.78. The highest BCUT2D eigenvalue weighted by Gasteiger charge is 2.14. The van der Waals surface area contributed by atoms with Crippen molar-refractivity contribution in [3.63, 3.8) is 0 Å². The average Bonchev–Trinajstić information content (AvgIpc) is 2.47. The van der Waals surface area contributed by atoms with Gasteiger partial charge in [-0.05, 0) is 25.0 Å². The van der Waals surface area contributed by atoms with Crippen LogP contribution in [0.2, 0.25) is 0 Å². The smallest absolute Gasteiger partial charge is 0.132 e. The van der Waals surface area contributed by atoms with E-state index in [-0.39, 0.29) is 0 Å². The number of ether oxygens (including phenoxy) is 1. The highest BCUT2D eigenvalue weighted by Crippen LogP contribution is 2.31. The molecule has 0 spiro atoms. The van der Waals surface area contributed by atoms with Gasteiger partial charge in [0.15, 0.2) is 0 Å². The summed E-state index contributed by atoms with van der Waals surface area (Å²) in [5.41, 5.74) is 0. The summed E-state index contributed by atoms with van der Waals surface area (Å²) in [6.45, 7) is 3.36. The summed E-state index contributed by atoms with van der Waals surface area (Å²) < 4.78 is 5.40. The van der Waals surface area contributed by atoms with Crippen molar-refractivity contribution >= 4 is 11.8 Å². The second-order valence-corrected chi connectivity index (χ2v) is 6.80. The normalized spacial score (nSPS) is 18.2. The summed E-state index contributed by atoms with van der Waals surface area (Å²) in [6, 6.07) is 9.01. The van der Waals surface area contributed by atoms with Gasteiger partial charge in [0, 0.05) is 22.7 Å². The largest absolute Gasteiger partial charge is 0.496 e. The molecule has 0 amide bonds. The van der Waals surface area contributed by atoms with Crippen molar-refractivity contribution in [2.75, 3.05) is 13.7 Å². The number of benzene rings is 1. The van der Waals surface area contributed by atoms with E-state index >= 15 is 0 Å². The van der Waals surface area contributed by atoms with E-state index in [0.29, 0.717) is 5.25 Å². The highest BCUT2D eigenvalue weighted by atomic mass is 32.2. The Morgan fingerprint density at radius 3 is 2.74 bits per heavy atom. The number of para-hydroxylation sites is 1. The minimum absolute atomic E-state index is 0.568. The van der Waals surface area contributed by atoms with Gasteiger partial charge in [0.05, 0.1) is 7.11 Å². The standard InChI is InChI=1S/C16H25NOS/c1-13(12-17-14-8-4-3-5-9-14)19-16-11-7-6-10-15(16)18-2/h6-7,10-11,13-14,17H,3-5,8-9,12H2,1-2H3. The summed E-state index contributed by atoms with van der Waals surface area (Å²) in [4.78, 5) is 1.24. The van der Waals surface area contributed by atoms with Crippen LogP contribution in [0.25, 0.3) is 0 Å². The molecule has 0 heterocycles. The lowest BCUT2D eigenvalue weighted by atomic mass is 9.95. The molecule has 3 heteroatoms. The fraction of sp³-hybridized carbons (Fsp3) is 0.625. The van der Waals surface area contributed by atoms with Crippen LogP contribution in [-0.2, 0) is 0 Å². The molecule has 1 atom stereocenters. The van der Waals surface area contributed by atoms with Crippen LogP contribution in [-0.4, -0.2) is 24.9 Å². The van der Waals surface area contributed by atoms with Crippen molar-refractivity contribution in [1.29, 1.82) is 0 Å². The van der Waals surface area contributed by atoms with Crippen LogP contribution in [0, 0.1) is 0 Å². The fourth-order valence-corrected chi connectivity index (χ4v) is 3.65. The van der Waals surface area contributed by atoms with Gasteiger partial charge in [0.2, 0.25) is 0 Å². The zero-order valence-electron chi connectivity index (χ0n) is 12.0. The average molecular weight is 279 g/mol. The Labute approximate surface area is 121 Å². The first-order valence-electron chi connectivity index (χ1n) is 7.32. The summed E-state index contributed by atoms with van der Waals surface area (Å²) in [7, 11) is 1.74. The molecular formula is C16H25NOS. The zero-order valence-corrected chi connectivity index (χ0v) is 12.8. The molecule has 1 aromatic carbocycles. The van der Waals surface area contributed by atoms with Crippen molar-refractivity contribution in [2.45, 2.75) is 55.2 Å². The summed E-state index contributed by atoms with van der Waals surface area (Å²) in [5.74, 6) is 0.983. The topological polar surface area (TPSA) is 21.3 Å². The van der Waals surface area contributed by atoms with Gasteiger partial charge in [-0.25, -0.2) is 0 Å². The third-order valence-corrected chi connectivity index (χ3v) is 4.86. The molecule has 19 heavy (non-hydrogen) atoms. The fourth-order valence-electron chi connectivity index (χ4n) is 2.61. The monoisotopic (exact) mass is 279 g/mol. The molecule has 1 aromatic rings. The van der Waals surface area contributed by atoms with Crippen molar-refractivity contribution < 1.29 is 4.74 Å². The molecule has 1 aliphatic rings. The molecule has 2 rings (SSSR count). The van der Waals surface area contributed by atoms with Crippen molar-refractivity contribution in [3.8, 4) is 5.75 Å². The predicted molar refractivity (Wildman–Crippen MR) is 83.2 cm³/mol. The molecule has 0 radical (unpaired) electrons. The molecule has 1 N–H and O–H groups in total. The Morgan fingerprint density at radius 1 is 1.26 bits per heavy atom. The van der Waals surface area contributed by atoms with Crippen molar-refractivity contribution in [2.24, 2.45) is 0 Å². The number of methoxy groups -OCH3 is 1. The minimum Gasteiger partial charge on any atom is -0.496 e. The lowest BCUT2D eigenvalue weighted by Gasteiger charge is -2.24. The van der Waals surface area contributed by atoms with Crippen LogP contribution < -0.4 is 10.1 Å². The lowest BCUT2D eigenvalue weighted by Crippen LogP contribution is -2.35. The molecule has 1 unspecified atom stereocenters. The minimum atomic E-state index is 0.568. The summed E-state index contributed by atoms with van der Waals surface area (Å²) >= 11 is 1.90. The maximum Gasteiger partial charge on any atom is 0.132 e. The second-order valence-electron chi connectivity index (χ2n) is 5.32. The maximum absolute atomic E-state index is 5.40. The summed E-state index contributed by atoms with van der Waals surface area (Å²) in [5, 5.41) is 4.29. The van der Waals surface area contributed by atoms with Gasteiger partial charge in [-0.15, -0.1) is 11.8 Å². The molecule has 1 fully saturated rings. The first-order chi connectivity index (χ1) is 9.29. The van der Waals surface area contributed by atoms with Crippen LogP contribution in [0.1, 0.15) is 39.0 Å². The van der Waals surface area contributed by atoms with Gasteiger partial charge in [-0.2, -0.15) is 0 Å². The van der Waals surface area contributed by atoms with Gasteiger partial charge in [0.25, 0.3) is 0 Å². The first kappa shape index (κ1) is 14.7. The van der Waals surface area contributed by atoms with Crippen LogP contribution in [0.4, 0.5) is 0 Å². The van der Waals surface area contributed by atoms with E-state index in [1.165, 1.54) is 37.0 Å². The van der Waals surface area contributed by atoms with Crippen LogP contribution in [0.3, 0.4) is 0 Å². The highest BCUT2D eigenvalue weighted by molar-refractivity contribution is 8.00. The first-order valence-corrected chi connectivity index (χ1v) is 8.20. The SMILES string of the molecule is COc1ccccc1SC(C)CNC1CCCCC1. The lowest BCUT2D eigenvalue weighted by molar-refractivity contribution is 0.375. The number of hydrogen-bond donors (Lipinski definition) is 1. The third kappa shape index (κ3) is 4.73. The van der Waals surface area contributed by atoms with Crippen LogP contribution >= 0.6 is 11.8 Å². The molecule has 106 valence electrons. The third-order valence-electron chi connectivity index (χ3n) is 3.70. The van der Waals surface area contributed by atoms with E-state index in [9.17, 15) is 0 Å². The molecule has 2 nitrogen and oxygen atoms in total. The summed E-state index contributed by atoms with van der Waals surface area (Å²) in [6.07, 6.45) is 6.92. The van der Waals surface area contributed by atoms with Crippen molar-refractivity contribution in [1.82, 2.24) is 5.32 Å². The molecule has 1 aliphatic carbocycles. The molecule has 1 saturated carbocycles. The van der Waals surface area contributed by atoms with Gasteiger partial charge in [-0.1, -0.05) is 38.3 Å². The molecule has 0 aromatic heterocycles. The molecule has 0 aliphatic heterocycles. The Morgan fingerprint density at radius 2 is 2.00 bits per heavy atom. The Kier molecular flexibility index (Phi) is 6.05. The van der Waals surface area contributed by atoms with Gasteiger partial charge >= 0.3 is 0 Å². The van der Waals surface area contributed by atoms with E-state index in [0.717, 1.165) is 18.3 Å². The van der Waals surface area contributed by atoms with E-state index in [1.807, 2.05) is 23.9 Å².